The van der Waals surface area contributed by atoms with Crippen LogP contribution in [0.2, 0.25) is 0 Å². The Balaban J connectivity index is 0.00000312. The van der Waals surface area contributed by atoms with Crippen molar-refractivity contribution in [3.8, 4) is 5.75 Å². The first kappa shape index (κ1) is 21.0. The molecule has 0 radical (unpaired) electrons. The zero-order valence-electron chi connectivity index (χ0n) is 14.4. The van der Waals surface area contributed by atoms with Crippen LogP contribution >= 0.6 is 12.4 Å². The van der Waals surface area contributed by atoms with Crippen molar-refractivity contribution in [3.63, 3.8) is 0 Å². The van der Waals surface area contributed by atoms with Crippen LogP contribution in [0, 0.1) is 0 Å². The fraction of sp³-hybridized carbons (Fsp3) is 0.316. The van der Waals surface area contributed by atoms with Gasteiger partial charge in [0.15, 0.2) is 0 Å². The third-order valence-corrected chi connectivity index (χ3v) is 3.41. The Morgan fingerprint density at radius 2 is 1.80 bits per heavy atom. The lowest BCUT2D eigenvalue weighted by molar-refractivity contribution is 0.0953. The number of hydrogen-bond donors (Lipinski definition) is 2. The highest BCUT2D eigenvalue weighted by Gasteiger charge is 2.06. The molecule has 0 saturated heterocycles. The molecule has 0 heterocycles. The summed E-state index contributed by atoms with van der Waals surface area (Å²) in [5, 5.41) is 6.06. The molecule has 0 spiro atoms. The highest BCUT2D eigenvalue weighted by atomic mass is 35.5. The largest absolute Gasteiger partial charge is 0.489 e. The monoisotopic (exact) mass is 364 g/mol. The summed E-state index contributed by atoms with van der Waals surface area (Å²) in [5.41, 5.74) is 1.69. The smallest absolute Gasteiger partial charge is 0.251 e. The molecule has 0 aliphatic heterocycles. The van der Waals surface area contributed by atoms with E-state index in [0.717, 1.165) is 12.1 Å². The van der Waals surface area contributed by atoms with Crippen molar-refractivity contribution in [1.29, 1.82) is 0 Å². The van der Waals surface area contributed by atoms with E-state index in [4.69, 9.17) is 9.47 Å². The third-order valence-electron chi connectivity index (χ3n) is 3.41. The van der Waals surface area contributed by atoms with Gasteiger partial charge in [0.05, 0.1) is 6.61 Å². The number of carbonyl (C=O) groups is 1. The molecule has 0 atom stereocenters. The number of rotatable bonds is 10. The SMILES string of the molecule is COCCNCCNC(=O)c1cccc(OCc2ccccc2)c1.Cl. The molecule has 0 aromatic heterocycles. The van der Waals surface area contributed by atoms with E-state index >= 15 is 0 Å². The minimum absolute atomic E-state index is 0. The number of carbonyl (C=O) groups excluding carboxylic acids is 1. The fourth-order valence-electron chi connectivity index (χ4n) is 2.13. The van der Waals surface area contributed by atoms with Crippen molar-refractivity contribution in [1.82, 2.24) is 10.6 Å². The summed E-state index contributed by atoms with van der Waals surface area (Å²) < 4.78 is 10.7. The zero-order chi connectivity index (χ0) is 17.0. The Morgan fingerprint density at radius 1 is 1.00 bits per heavy atom. The van der Waals surface area contributed by atoms with Gasteiger partial charge in [-0.05, 0) is 23.8 Å². The second kappa shape index (κ2) is 12.3. The summed E-state index contributed by atoms with van der Waals surface area (Å²) in [6.07, 6.45) is 0. The Morgan fingerprint density at radius 3 is 2.56 bits per heavy atom. The van der Waals surface area contributed by atoms with E-state index in [9.17, 15) is 4.79 Å². The van der Waals surface area contributed by atoms with Crippen LogP contribution in [0.25, 0.3) is 0 Å². The van der Waals surface area contributed by atoms with Crippen LogP contribution in [-0.4, -0.2) is 39.3 Å². The highest BCUT2D eigenvalue weighted by Crippen LogP contribution is 2.15. The first-order valence-corrected chi connectivity index (χ1v) is 8.04. The van der Waals surface area contributed by atoms with Crippen LogP contribution in [0.1, 0.15) is 15.9 Å². The molecule has 2 N–H and O–H groups in total. The molecule has 0 fully saturated rings. The van der Waals surface area contributed by atoms with E-state index in [2.05, 4.69) is 10.6 Å². The summed E-state index contributed by atoms with van der Waals surface area (Å²) in [6.45, 7) is 3.19. The molecule has 2 aromatic carbocycles. The predicted octanol–water partition coefficient (Wildman–Crippen LogP) is 2.65. The van der Waals surface area contributed by atoms with Crippen molar-refractivity contribution in [3.05, 3.63) is 65.7 Å². The quantitative estimate of drug-likeness (QED) is 0.636. The van der Waals surface area contributed by atoms with Crippen molar-refractivity contribution in [2.75, 3.05) is 33.4 Å². The van der Waals surface area contributed by atoms with Gasteiger partial charge in [0.2, 0.25) is 0 Å². The van der Waals surface area contributed by atoms with Crippen molar-refractivity contribution >= 4 is 18.3 Å². The molecular weight excluding hydrogens is 340 g/mol. The number of nitrogens with one attached hydrogen (secondary N) is 2. The summed E-state index contributed by atoms with van der Waals surface area (Å²) >= 11 is 0. The Bertz CT molecular complexity index is 623. The molecule has 0 bridgehead atoms. The minimum atomic E-state index is -0.103. The standard InChI is InChI=1S/C19H24N2O3.ClH/c1-23-13-12-20-10-11-21-19(22)17-8-5-9-18(14-17)24-15-16-6-3-2-4-7-16;/h2-9,14,20H,10-13,15H2,1H3,(H,21,22);1H. The van der Waals surface area contributed by atoms with Crippen LogP contribution in [-0.2, 0) is 11.3 Å². The number of benzene rings is 2. The molecule has 25 heavy (non-hydrogen) atoms. The van der Waals surface area contributed by atoms with Crippen molar-refractivity contribution in [2.24, 2.45) is 0 Å². The average Bonchev–Trinajstić information content (AvgIpc) is 2.64. The van der Waals surface area contributed by atoms with E-state index in [-0.39, 0.29) is 18.3 Å². The molecule has 6 heteroatoms. The van der Waals surface area contributed by atoms with E-state index in [1.165, 1.54) is 0 Å². The van der Waals surface area contributed by atoms with Gasteiger partial charge in [-0.3, -0.25) is 4.79 Å². The Hall–Kier alpha value is -2.08. The summed E-state index contributed by atoms with van der Waals surface area (Å²) in [5.74, 6) is 0.582. The maximum absolute atomic E-state index is 12.1. The molecular formula is C19H25ClN2O3. The maximum atomic E-state index is 12.1. The predicted molar refractivity (Wildman–Crippen MR) is 102 cm³/mol. The van der Waals surface area contributed by atoms with E-state index in [0.29, 0.717) is 37.6 Å². The summed E-state index contributed by atoms with van der Waals surface area (Å²) in [4.78, 5) is 12.1. The van der Waals surface area contributed by atoms with Crippen LogP contribution in [0.3, 0.4) is 0 Å². The second-order valence-corrected chi connectivity index (χ2v) is 5.30. The molecule has 136 valence electrons. The number of amides is 1. The average molecular weight is 365 g/mol. The van der Waals surface area contributed by atoms with Gasteiger partial charge >= 0.3 is 0 Å². The van der Waals surface area contributed by atoms with Gasteiger partial charge in [-0.25, -0.2) is 0 Å². The Labute approximate surface area is 155 Å². The van der Waals surface area contributed by atoms with E-state index in [1.807, 2.05) is 42.5 Å². The van der Waals surface area contributed by atoms with Crippen molar-refractivity contribution in [2.45, 2.75) is 6.61 Å². The van der Waals surface area contributed by atoms with Gasteiger partial charge in [-0.15, -0.1) is 12.4 Å². The minimum Gasteiger partial charge on any atom is -0.489 e. The van der Waals surface area contributed by atoms with Gasteiger partial charge in [0.25, 0.3) is 5.91 Å². The molecule has 0 saturated carbocycles. The normalized spacial score (nSPS) is 9.96. The first-order chi connectivity index (χ1) is 11.8. The van der Waals surface area contributed by atoms with Gasteiger partial charge in [-0.2, -0.15) is 0 Å². The number of methoxy groups -OCH3 is 1. The maximum Gasteiger partial charge on any atom is 0.251 e. The van der Waals surface area contributed by atoms with Gasteiger partial charge in [0.1, 0.15) is 12.4 Å². The topological polar surface area (TPSA) is 59.6 Å². The number of halogens is 1. The van der Waals surface area contributed by atoms with Crippen LogP contribution in [0.4, 0.5) is 0 Å². The van der Waals surface area contributed by atoms with Crippen LogP contribution in [0.15, 0.2) is 54.6 Å². The Kier molecular flexibility index (Phi) is 10.3. The molecule has 2 rings (SSSR count). The molecule has 0 aliphatic rings. The number of ether oxygens (including phenoxy) is 2. The molecule has 0 aliphatic carbocycles. The summed E-state index contributed by atoms with van der Waals surface area (Å²) in [6, 6.07) is 17.2. The molecule has 0 unspecified atom stereocenters. The highest BCUT2D eigenvalue weighted by molar-refractivity contribution is 5.94. The summed E-state index contributed by atoms with van der Waals surface area (Å²) in [7, 11) is 1.66. The third kappa shape index (κ3) is 8.03. The lowest BCUT2D eigenvalue weighted by Crippen LogP contribution is -2.33. The molecule has 1 amide bonds. The molecule has 5 nitrogen and oxygen atoms in total. The van der Waals surface area contributed by atoms with Gasteiger partial charge in [-0.1, -0.05) is 36.4 Å². The lowest BCUT2D eigenvalue weighted by atomic mass is 10.2. The van der Waals surface area contributed by atoms with E-state index in [1.54, 1.807) is 19.2 Å². The van der Waals surface area contributed by atoms with Gasteiger partial charge in [0, 0.05) is 32.3 Å². The van der Waals surface area contributed by atoms with Gasteiger partial charge < -0.3 is 20.1 Å². The van der Waals surface area contributed by atoms with Crippen LogP contribution < -0.4 is 15.4 Å². The fourth-order valence-corrected chi connectivity index (χ4v) is 2.13. The van der Waals surface area contributed by atoms with Crippen molar-refractivity contribution < 1.29 is 14.3 Å². The zero-order valence-corrected chi connectivity index (χ0v) is 15.2. The lowest BCUT2D eigenvalue weighted by Gasteiger charge is -2.09. The van der Waals surface area contributed by atoms with Crippen LogP contribution in [0.5, 0.6) is 5.75 Å². The van der Waals surface area contributed by atoms with E-state index < -0.39 is 0 Å². The number of hydrogen-bond acceptors (Lipinski definition) is 4. The second-order valence-electron chi connectivity index (χ2n) is 5.30. The molecule has 2 aromatic rings. The first-order valence-electron chi connectivity index (χ1n) is 8.04.